The number of benzene rings is 2. The highest BCUT2D eigenvalue weighted by molar-refractivity contribution is 5.17. The van der Waals surface area contributed by atoms with Gasteiger partial charge in [0.15, 0.2) is 0 Å². The third-order valence-electron chi connectivity index (χ3n) is 4.95. The highest BCUT2D eigenvalue weighted by Crippen LogP contribution is 2.26. The Hall–Kier alpha value is -1.64. The summed E-state index contributed by atoms with van der Waals surface area (Å²) in [5.41, 5.74) is 2.15. The van der Waals surface area contributed by atoms with Crippen molar-refractivity contribution in [3.63, 3.8) is 0 Å². The van der Waals surface area contributed by atoms with Crippen molar-refractivity contribution in [1.82, 2.24) is 4.90 Å². The summed E-state index contributed by atoms with van der Waals surface area (Å²) in [7, 11) is 0. The van der Waals surface area contributed by atoms with E-state index in [0.29, 0.717) is 0 Å². The van der Waals surface area contributed by atoms with E-state index < -0.39 is 5.60 Å². The number of aliphatic hydroxyl groups is 1. The third kappa shape index (κ3) is 4.92. The highest BCUT2D eigenvalue weighted by atomic mass is 16.3. The molecule has 1 fully saturated rings. The summed E-state index contributed by atoms with van der Waals surface area (Å²) in [6, 6.07) is 21.1. The van der Waals surface area contributed by atoms with Crippen molar-refractivity contribution in [3.05, 3.63) is 71.8 Å². The second kappa shape index (κ2) is 7.76. The molecule has 1 N–H and O–H groups in total. The van der Waals surface area contributed by atoms with Gasteiger partial charge in [-0.25, -0.2) is 0 Å². The van der Waals surface area contributed by atoms with Crippen molar-refractivity contribution in [1.29, 1.82) is 0 Å². The zero-order valence-corrected chi connectivity index (χ0v) is 13.8. The summed E-state index contributed by atoms with van der Waals surface area (Å²) in [5, 5.41) is 10.8. The van der Waals surface area contributed by atoms with E-state index in [2.05, 4.69) is 59.5 Å². The second-order valence-corrected chi connectivity index (χ2v) is 6.82. The van der Waals surface area contributed by atoms with E-state index in [4.69, 9.17) is 0 Å². The Bertz CT molecular complexity index is 573. The summed E-state index contributed by atoms with van der Waals surface area (Å²) < 4.78 is 0. The molecule has 1 aliphatic rings. The van der Waals surface area contributed by atoms with Crippen LogP contribution in [0.3, 0.4) is 0 Å². The predicted octanol–water partition coefficient (Wildman–Crippen LogP) is 3.69. The molecule has 0 radical (unpaired) electrons. The summed E-state index contributed by atoms with van der Waals surface area (Å²) in [6.45, 7) is 3.16. The van der Waals surface area contributed by atoms with Gasteiger partial charge in [0.2, 0.25) is 0 Å². The first-order chi connectivity index (χ1) is 11.2. The van der Waals surface area contributed by atoms with Gasteiger partial charge in [-0.1, -0.05) is 60.7 Å². The zero-order valence-electron chi connectivity index (χ0n) is 13.8. The van der Waals surface area contributed by atoms with E-state index in [1.807, 2.05) is 6.07 Å². The first kappa shape index (κ1) is 16.2. The Kier molecular flexibility index (Phi) is 5.47. The van der Waals surface area contributed by atoms with Crippen molar-refractivity contribution in [2.24, 2.45) is 0 Å². The molecule has 1 aliphatic heterocycles. The van der Waals surface area contributed by atoms with Crippen molar-refractivity contribution in [3.8, 4) is 0 Å². The SMILES string of the molecule is OC1(Cc2ccccc2)CCN(CCCc2ccccc2)CC1. The lowest BCUT2D eigenvalue weighted by Gasteiger charge is -2.38. The molecule has 1 heterocycles. The molecule has 1 saturated heterocycles. The molecule has 0 saturated carbocycles. The van der Waals surface area contributed by atoms with E-state index in [1.54, 1.807) is 0 Å². The molecular weight excluding hydrogens is 282 g/mol. The van der Waals surface area contributed by atoms with E-state index in [0.717, 1.165) is 45.3 Å². The molecule has 2 nitrogen and oxygen atoms in total. The smallest absolute Gasteiger partial charge is 0.0712 e. The lowest BCUT2D eigenvalue weighted by Crippen LogP contribution is -2.45. The fourth-order valence-electron chi connectivity index (χ4n) is 3.50. The molecule has 2 heteroatoms. The van der Waals surface area contributed by atoms with Gasteiger partial charge in [0.1, 0.15) is 0 Å². The van der Waals surface area contributed by atoms with Crippen LogP contribution in [0.1, 0.15) is 30.4 Å². The maximum atomic E-state index is 10.8. The summed E-state index contributed by atoms with van der Waals surface area (Å²) in [6.07, 6.45) is 4.89. The van der Waals surface area contributed by atoms with Crippen LogP contribution >= 0.6 is 0 Å². The average molecular weight is 309 g/mol. The number of aryl methyl sites for hydroxylation is 1. The van der Waals surface area contributed by atoms with Gasteiger partial charge in [-0.05, 0) is 43.4 Å². The van der Waals surface area contributed by atoms with Crippen molar-refractivity contribution < 1.29 is 5.11 Å². The van der Waals surface area contributed by atoms with Crippen molar-refractivity contribution >= 4 is 0 Å². The van der Waals surface area contributed by atoms with E-state index in [9.17, 15) is 5.11 Å². The number of likely N-dealkylation sites (tertiary alicyclic amines) is 1. The fourth-order valence-corrected chi connectivity index (χ4v) is 3.50. The maximum absolute atomic E-state index is 10.8. The molecule has 0 amide bonds. The Labute approximate surface area is 139 Å². The number of hydrogen-bond donors (Lipinski definition) is 1. The minimum absolute atomic E-state index is 0.517. The Balaban J connectivity index is 1.41. The standard InChI is InChI=1S/C21H27NO/c23-21(18-20-10-5-2-6-11-20)13-16-22(17-14-21)15-7-12-19-8-3-1-4-9-19/h1-6,8-11,23H,7,12-18H2. The molecule has 0 spiro atoms. The number of hydrogen-bond acceptors (Lipinski definition) is 2. The van der Waals surface area contributed by atoms with Crippen LogP contribution in [-0.4, -0.2) is 35.2 Å². The molecule has 23 heavy (non-hydrogen) atoms. The monoisotopic (exact) mass is 309 g/mol. The summed E-state index contributed by atoms with van der Waals surface area (Å²) in [4.78, 5) is 2.50. The average Bonchev–Trinajstić information content (AvgIpc) is 2.59. The quantitative estimate of drug-likeness (QED) is 0.880. The molecule has 3 rings (SSSR count). The lowest BCUT2D eigenvalue weighted by atomic mass is 9.85. The largest absolute Gasteiger partial charge is 0.389 e. The van der Waals surface area contributed by atoms with Gasteiger partial charge in [0.05, 0.1) is 5.60 Å². The molecule has 0 unspecified atom stereocenters. The second-order valence-electron chi connectivity index (χ2n) is 6.82. The van der Waals surface area contributed by atoms with Crippen LogP contribution in [0.2, 0.25) is 0 Å². The van der Waals surface area contributed by atoms with Crippen molar-refractivity contribution in [2.75, 3.05) is 19.6 Å². The number of piperidine rings is 1. The van der Waals surface area contributed by atoms with Crippen LogP contribution in [0, 0.1) is 0 Å². The Morgan fingerprint density at radius 3 is 2.00 bits per heavy atom. The number of nitrogens with zero attached hydrogens (tertiary/aromatic N) is 1. The van der Waals surface area contributed by atoms with Crippen LogP contribution in [-0.2, 0) is 12.8 Å². The van der Waals surface area contributed by atoms with Gasteiger partial charge in [-0.15, -0.1) is 0 Å². The van der Waals surface area contributed by atoms with E-state index in [-0.39, 0.29) is 0 Å². The first-order valence-electron chi connectivity index (χ1n) is 8.76. The fraction of sp³-hybridized carbons (Fsp3) is 0.429. The minimum Gasteiger partial charge on any atom is -0.389 e. The van der Waals surface area contributed by atoms with Gasteiger partial charge in [-0.3, -0.25) is 0 Å². The molecule has 0 aromatic heterocycles. The van der Waals surface area contributed by atoms with Gasteiger partial charge >= 0.3 is 0 Å². The van der Waals surface area contributed by atoms with Crippen molar-refractivity contribution in [2.45, 2.75) is 37.7 Å². The van der Waals surface area contributed by atoms with E-state index in [1.165, 1.54) is 17.5 Å². The van der Waals surface area contributed by atoms with Gasteiger partial charge in [0.25, 0.3) is 0 Å². The molecular formula is C21H27NO. The highest BCUT2D eigenvalue weighted by Gasteiger charge is 2.32. The minimum atomic E-state index is -0.517. The molecule has 0 atom stereocenters. The van der Waals surface area contributed by atoms with Crippen LogP contribution in [0.25, 0.3) is 0 Å². The normalized spacial score (nSPS) is 18.0. The molecule has 122 valence electrons. The van der Waals surface area contributed by atoms with Gasteiger partial charge in [-0.2, -0.15) is 0 Å². The van der Waals surface area contributed by atoms with Gasteiger partial charge < -0.3 is 10.0 Å². The van der Waals surface area contributed by atoms with Crippen LogP contribution in [0.15, 0.2) is 60.7 Å². The molecule has 2 aromatic carbocycles. The zero-order chi connectivity index (χ0) is 16.0. The Morgan fingerprint density at radius 2 is 1.39 bits per heavy atom. The third-order valence-corrected chi connectivity index (χ3v) is 4.95. The number of rotatable bonds is 6. The summed E-state index contributed by atoms with van der Waals surface area (Å²) >= 11 is 0. The molecule has 0 aliphatic carbocycles. The van der Waals surface area contributed by atoms with E-state index >= 15 is 0 Å². The summed E-state index contributed by atoms with van der Waals surface area (Å²) in [5.74, 6) is 0. The van der Waals surface area contributed by atoms with Crippen LogP contribution in [0.4, 0.5) is 0 Å². The predicted molar refractivity (Wildman–Crippen MR) is 95.5 cm³/mol. The topological polar surface area (TPSA) is 23.5 Å². The van der Waals surface area contributed by atoms with Crippen LogP contribution in [0.5, 0.6) is 0 Å². The van der Waals surface area contributed by atoms with Crippen LogP contribution < -0.4 is 0 Å². The Morgan fingerprint density at radius 1 is 0.826 bits per heavy atom. The van der Waals surface area contributed by atoms with Gasteiger partial charge in [0, 0.05) is 19.5 Å². The first-order valence-corrected chi connectivity index (χ1v) is 8.76. The lowest BCUT2D eigenvalue weighted by molar-refractivity contribution is -0.0207. The molecule has 0 bridgehead atoms. The molecule has 2 aromatic rings. The maximum Gasteiger partial charge on any atom is 0.0712 e.